The molecule has 0 radical (unpaired) electrons. The molecule has 1 saturated heterocycles. The fraction of sp³-hybridized carbons (Fsp3) is 1.00. The molecule has 2 atom stereocenters. The van der Waals surface area contributed by atoms with E-state index >= 15 is 0 Å². The molecule has 0 N–H and O–H groups in total. The van der Waals surface area contributed by atoms with Crippen LogP contribution in [0, 0.1) is 23.7 Å². The minimum atomic E-state index is 0.144. The quantitative estimate of drug-likeness (QED) is 0.574. The van der Waals surface area contributed by atoms with Crippen molar-refractivity contribution in [2.24, 2.45) is 23.7 Å². The van der Waals surface area contributed by atoms with Gasteiger partial charge in [-0.05, 0) is 50.4 Å². The van der Waals surface area contributed by atoms with Gasteiger partial charge in [0.25, 0.3) is 0 Å². The van der Waals surface area contributed by atoms with Crippen LogP contribution in [0.15, 0.2) is 0 Å². The highest BCUT2D eigenvalue weighted by Crippen LogP contribution is 2.30. The molecule has 0 aliphatic carbocycles. The van der Waals surface area contributed by atoms with Crippen LogP contribution in [0.3, 0.4) is 0 Å². The summed E-state index contributed by atoms with van der Waals surface area (Å²) in [5.41, 5.74) is 0.144. The van der Waals surface area contributed by atoms with E-state index in [0.29, 0.717) is 0 Å². The maximum Gasteiger partial charge on any atom is 0.0626 e. The first-order valence-electron chi connectivity index (χ1n) is 8.83. The van der Waals surface area contributed by atoms with Crippen LogP contribution in [0.1, 0.15) is 87.5 Å². The Morgan fingerprint density at radius 3 is 2.05 bits per heavy atom. The van der Waals surface area contributed by atoms with Crippen molar-refractivity contribution in [1.82, 2.24) is 0 Å². The molecule has 1 rings (SSSR count). The highest BCUT2D eigenvalue weighted by atomic mass is 16.5. The third-order valence-corrected chi connectivity index (χ3v) is 4.90. The average molecular weight is 285 g/mol. The molecular weight excluding hydrogens is 244 g/mol. The van der Waals surface area contributed by atoms with Crippen LogP contribution >= 0.6 is 0 Å². The lowest BCUT2D eigenvalue weighted by Gasteiger charge is -2.36. The van der Waals surface area contributed by atoms with E-state index in [-0.39, 0.29) is 5.60 Å². The molecule has 1 heterocycles. The first kappa shape index (κ1) is 20.0. The SMILES string of the molecule is CC(C)C1CCC(C)(C)OC1.CCCCC(C)C(C)C. The van der Waals surface area contributed by atoms with Gasteiger partial charge in [-0.1, -0.05) is 60.8 Å². The highest BCUT2D eigenvalue weighted by Gasteiger charge is 2.28. The summed E-state index contributed by atoms with van der Waals surface area (Å²) in [5, 5.41) is 0. The zero-order chi connectivity index (χ0) is 15.8. The molecule has 122 valence electrons. The summed E-state index contributed by atoms with van der Waals surface area (Å²) in [6.45, 7) is 19.1. The molecule has 1 aliphatic rings. The maximum absolute atomic E-state index is 5.74. The molecule has 0 bridgehead atoms. The zero-order valence-electron chi connectivity index (χ0n) is 15.5. The van der Waals surface area contributed by atoms with E-state index in [4.69, 9.17) is 4.74 Å². The molecule has 0 amide bonds. The minimum absolute atomic E-state index is 0.144. The van der Waals surface area contributed by atoms with Gasteiger partial charge in [0.1, 0.15) is 0 Å². The fourth-order valence-electron chi connectivity index (χ4n) is 2.41. The first-order chi connectivity index (χ1) is 9.19. The highest BCUT2D eigenvalue weighted by molar-refractivity contribution is 4.78. The van der Waals surface area contributed by atoms with Crippen molar-refractivity contribution in [3.63, 3.8) is 0 Å². The van der Waals surface area contributed by atoms with E-state index in [9.17, 15) is 0 Å². The lowest BCUT2D eigenvalue weighted by atomic mass is 9.85. The van der Waals surface area contributed by atoms with Gasteiger partial charge in [0.15, 0.2) is 0 Å². The maximum atomic E-state index is 5.74. The van der Waals surface area contributed by atoms with E-state index in [1.54, 1.807) is 0 Å². The molecular formula is C19H40O. The predicted octanol–water partition coefficient (Wildman–Crippen LogP) is 6.32. The van der Waals surface area contributed by atoms with Gasteiger partial charge in [0.2, 0.25) is 0 Å². The second-order valence-corrected chi connectivity index (χ2v) is 7.98. The molecule has 0 aromatic heterocycles. The lowest BCUT2D eigenvalue weighted by Crippen LogP contribution is -2.35. The summed E-state index contributed by atoms with van der Waals surface area (Å²) in [5.74, 6) is 3.37. The van der Waals surface area contributed by atoms with Crippen LogP contribution in [0.5, 0.6) is 0 Å². The van der Waals surface area contributed by atoms with Crippen LogP contribution < -0.4 is 0 Å². The Hall–Kier alpha value is -0.0400. The van der Waals surface area contributed by atoms with Crippen molar-refractivity contribution in [2.75, 3.05) is 6.61 Å². The number of ether oxygens (including phenoxy) is 1. The van der Waals surface area contributed by atoms with Gasteiger partial charge in [0.05, 0.1) is 12.2 Å². The molecule has 0 aromatic rings. The second-order valence-electron chi connectivity index (χ2n) is 7.98. The standard InChI is InChI=1S/C10H20O.C9H20/c1-8(2)9-5-6-10(3,4)11-7-9;1-5-6-7-9(4)8(2)3/h8-9H,5-7H2,1-4H3;8-9H,5-7H2,1-4H3. The van der Waals surface area contributed by atoms with Crippen LogP contribution in [0.4, 0.5) is 0 Å². The van der Waals surface area contributed by atoms with E-state index < -0.39 is 0 Å². The van der Waals surface area contributed by atoms with Crippen molar-refractivity contribution >= 4 is 0 Å². The Balaban J connectivity index is 0.000000370. The second kappa shape index (κ2) is 9.82. The summed E-state index contributed by atoms with van der Waals surface area (Å²) >= 11 is 0. The van der Waals surface area contributed by atoms with Crippen LogP contribution in [-0.2, 0) is 4.74 Å². The topological polar surface area (TPSA) is 9.23 Å². The van der Waals surface area contributed by atoms with Crippen LogP contribution in [0.25, 0.3) is 0 Å². The normalized spacial score (nSPS) is 23.4. The summed E-state index contributed by atoms with van der Waals surface area (Å²) in [6.07, 6.45) is 6.71. The van der Waals surface area contributed by atoms with Gasteiger partial charge in [-0.25, -0.2) is 0 Å². The monoisotopic (exact) mass is 284 g/mol. The molecule has 1 aliphatic heterocycles. The Kier molecular flexibility index (Phi) is 9.80. The van der Waals surface area contributed by atoms with E-state index in [2.05, 4.69) is 55.4 Å². The number of hydrogen-bond donors (Lipinski definition) is 0. The minimum Gasteiger partial charge on any atom is -0.375 e. The fourth-order valence-corrected chi connectivity index (χ4v) is 2.41. The van der Waals surface area contributed by atoms with E-state index in [0.717, 1.165) is 30.3 Å². The first-order valence-corrected chi connectivity index (χ1v) is 8.83. The van der Waals surface area contributed by atoms with E-state index in [1.807, 2.05) is 0 Å². The summed E-state index contributed by atoms with van der Waals surface area (Å²) in [7, 11) is 0. The Bertz CT molecular complexity index is 220. The van der Waals surface area contributed by atoms with Crippen molar-refractivity contribution < 1.29 is 4.74 Å². The lowest BCUT2D eigenvalue weighted by molar-refractivity contribution is -0.0850. The molecule has 1 nitrogen and oxygen atoms in total. The van der Waals surface area contributed by atoms with Crippen molar-refractivity contribution in [3.8, 4) is 0 Å². The molecule has 2 unspecified atom stereocenters. The zero-order valence-corrected chi connectivity index (χ0v) is 15.5. The number of rotatable bonds is 5. The van der Waals surface area contributed by atoms with Gasteiger partial charge in [-0.15, -0.1) is 0 Å². The van der Waals surface area contributed by atoms with Crippen LogP contribution in [0.2, 0.25) is 0 Å². The third-order valence-electron chi connectivity index (χ3n) is 4.90. The molecule has 0 spiro atoms. The smallest absolute Gasteiger partial charge is 0.0626 e. The molecule has 1 fully saturated rings. The summed E-state index contributed by atoms with van der Waals surface area (Å²) in [6, 6.07) is 0. The van der Waals surface area contributed by atoms with Gasteiger partial charge < -0.3 is 4.74 Å². The van der Waals surface area contributed by atoms with Crippen LogP contribution in [-0.4, -0.2) is 12.2 Å². The molecule has 0 saturated carbocycles. The molecule has 1 heteroatoms. The summed E-state index contributed by atoms with van der Waals surface area (Å²) < 4.78 is 5.74. The van der Waals surface area contributed by atoms with Gasteiger partial charge in [-0.2, -0.15) is 0 Å². The van der Waals surface area contributed by atoms with Crippen molar-refractivity contribution in [3.05, 3.63) is 0 Å². The summed E-state index contributed by atoms with van der Waals surface area (Å²) in [4.78, 5) is 0. The largest absolute Gasteiger partial charge is 0.375 e. The van der Waals surface area contributed by atoms with Crippen molar-refractivity contribution in [2.45, 2.75) is 93.1 Å². The Morgan fingerprint density at radius 1 is 1.10 bits per heavy atom. The molecule has 0 aromatic carbocycles. The predicted molar refractivity (Wildman–Crippen MR) is 91.1 cm³/mol. The molecule has 20 heavy (non-hydrogen) atoms. The Labute approximate surface area is 128 Å². The van der Waals surface area contributed by atoms with Gasteiger partial charge in [0, 0.05) is 0 Å². The number of hydrogen-bond acceptors (Lipinski definition) is 1. The van der Waals surface area contributed by atoms with Gasteiger partial charge >= 0.3 is 0 Å². The van der Waals surface area contributed by atoms with Gasteiger partial charge in [-0.3, -0.25) is 0 Å². The third kappa shape index (κ3) is 9.00. The Morgan fingerprint density at radius 2 is 1.70 bits per heavy atom. The van der Waals surface area contributed by atoms with Crippen molar-refractivity contribution in [1.29, 1.82) is 0 Å². The number of unbranched alkanes of at least 4 members (excludes halogenated alkanes) is 1. The van der Waals surface area contributed by atoms with E-state index in [1.165, 1.54) is 32.1 Å². The average Bonchev–Trinajstić information content (AvgIpc) is 2.36.